The molecular weight excluding hydrogens is 378 g/mol. The molecule has 0 saturated carbocycles. The van der Waals surface area contributed by atoms with Gasteiger partial charge in [-0.15, -0.1) is 0 Å². The van der Waals surface area contributed by atoms with E-state index >= 15 is 0 Å². The third-order valence-electron chi connectivity index (χ3n) is 5.87. The number of carbonyl (C=O) groups excluding carboxylic acids is 1. The molecule has 6 nitrogen and oxygen atoms in total. The highest BCUT2D eigenvalue weighted by molar-refractivity contribution is 5.84. The summed E-state index contributed by atoms with van der Waals surface area (Å²) in [5.74, 6) is 1.68. The SMILES string of the molecule is COc1ccc(C(CNC(=O)Cn2ccc3cc(OC)ccc32)N2CCCC2)cc1. The van der Waals surface area contributed by atoms with Gasteiger partial charge in [0, 0.05) is 23.6 Å². The summed E-state index contributed by atoms with van der Waals surface area (Å²) < 4.78 is 12.5. The lowest BCUT2D eigenvalue weighted by Gasteiger charge is -2.28. The number of likely N-dealkylation sites (tertiary alicyclic amines) is 1. The van der Waals surface area contributed by atoms with E-state index in [-0.39, 0.29) is 11.9 Å². The molecule has 0 aliphatic carbocycles. The molecule has 1 aliphatic rings. The van der Waals surface area contributed by atoms with Crippen LogP contribution in [0.5, 0.6) is 11.5 Å². The van der Waals surface area contributed by atoms with Crippen LogP contribution in [0.3, 0.4) is 0 Å². The van der Waals surface area contributed by atoms with Crippen molar-refractivity contribution in [3.63, 3.8) is 0 Å². The highest BCUT2D eigenvalue weighted by Gasteiger charge is 2.24. The number of hydrogen-bond donors (Lipinski definition) is 1. The van der Waals surface area contributed by atoms with Gasteiger partial charge in [0.05, 0.1) is 20.3 Å². The maximum absolute atomic E-state index is 12.7. The molecule has 1 aliphatic heterocycles. The normalized spacial score (nSPS) is 15.3. The Hall–Kier alpha value is -2.99. The van der Waals surface area contributed by atoms with Crippen molar-refractivity contribution in [3.05, 3.63) is 60.3 Å². The van der Waals surface area contributed by atoms with Crippen LogP contribution in [0.1, 0.15) is 24.4 Å². The van der Waals surface area contributed by atoms with Crippen LogP contribution in [0.25, 0.3) is 10.9 Å². The number of nitrogens with one attached hydrogen (secondary N) is 1. The molecule has 2 heterocycles. The molecular formula is C24H29N3O3. The second-order valence-electron chi connectivity index (χ2n) is 7.70. The molecule has 1 N–H and O–H groups in total. The van der Waals surface area contributed by atoms with Gasteiger partial charge in [0.1, 0.15) is 18.0 Å². The van der Waals surface area contributed by atoms with Crippen LogP contribution in [-0.4, -0.2) is 49.2 Å². The van der Waals surface area contributed by atoms with E-state index in [1.807, 2.05) is 47.2 Å². The topological polar surface area (TPSA) is 55.7 Å². The number of ether oxygens (including phenoxy) is 2. The third kappa shape index (κ3) is 4.44. The Morgan fingerprint density at radius 2 is 1.70 bits per heavy atom. The van der Waals surface area contributed by atoms with Crippen LogP contribution in [-0.2, 0) is 11.3 Å². The molecule has 1 amide bonds. The molecule has 1 aromatic heterocycles. The van der Waals surface area contributed by atoms with Gasteiger partial charge in [-0.25, -0.2) is 0 Å². The summed E-state index contributed by atoms with van der Waals surface area (Å²) >= 11 is 0. The van der Waals surface area contributed by atoms with E-state index in [0.717, 1.165) is 35.5 Å². The van der Waals surface area contributed by atoms with Crippen LogP contribution in [0.4, 0.5) is 0 Å². The van der Waals surface area contributed by atoms with E-state index in [9.17, 15) is 4.79 Å². The summed E-state index contributed by atoms with van der Waals surface area (Å²) in [4.78, 5) is 15.2. The molecule has 3 aromatic rings. The predicted octanol–water partition coefficient (Wildman–Crippen LogP) is 3.61. The lowest BCUT2D eigenvalue weighted by molar-refractivity contribution is -0.121. The van der Waals surface area contributed by atoms with Gasteiger partial charge in [-0.2, -0.15) is 0 Å². The number of carbonyl (C=O) groups is 1. The van der Waals surface area contributed by atoms with Crippen molar-refractivity contribution in [1.29, 1.82) is 0 Å². The highest BCUT2D eigenvalue weighted by atomic mass is 16.5. The fourth-order valence-electron chi connectivity index (χ4n) is 4.20. The first kappa shape index (κ1) is 20.3. The minimum absolute atomic E-state index is 0.0148. The standard InChI is InChI=1S/C24H29N3O3/c1-29-20-7-5-18(6-8-20)23(26-12-3-4-13-26)16-25-24(28)17-27-14-11-19-15-21(30-2)9-10-22(19)27/h5-11,14-15,23H,3-4,12-13,16-17H2,1-2H3,(H,25,28). The van der Waals surface area contributed by atoms with E-state index < -0.39 is 0 Å². The first-order valence-corrected chi connectivity index (χ1v) is 10.5. The first-order chi connectivity index (χ1) is 14.7. The molecule has 4 rings (SSSR count). The van der Waals surface area contributed by atoms with Crippen molar-refractivity contribution in [3.8, 4) is 11.5 Å². The Balaban J connectivity index is 1.43. The number of methoxy groups -OCH3 is 2. The van der Waals surface area contributed by atoms with Gasteiger partial charge in [-0.1, -0.05) is 12.1 Å². The zero-order valence-corrected chi connectivity index (χ0v) is 17.6. The van der Waals surface area contributed by atoms with Crippen LogP contribution < -0.4 is 14.8 Å². The van der Waals surface area contributed by atoms with Crippen LogP contribution >= 0.6 is 0 Å². The smallest absolute Gasteiger partial charge is 0.240 e. The molecule has 2 aromatic carbocycles. The molecule has 1 fully saturated rings. The molecule has 1 unspecified atom stereocenters. The van der Waals surface area contributed by atoms with Crippen LogP contribution in [0, 0.1) is 0 Å². The summed E-state index contributed by atoms with van der Waals surface area (Å²) in [5, 5.41) is 4.22. The number of aromatic nitrogens is 1. The van der Waals surface area contributed by atoms with E-state index in [0.29, 0.717) is 13.1 Å². The minimum atomic E-state index is 0.0148. The van der Waals surface area contributed by atoms with Gasteiger partial charge in [0.2, 0.25) is 5.91 Å². The van der Waals surface area contributed by atoms with Crippen molar-refractivity contribution < 1.29 is 14.3 Å². The summed E-state index contributed by atoms with van der Waals surface area (Å²) in [6.45, 7) is 3.02. The van der Waals surface area contributed by atoms with Gasteiger partial charge < -0.3 is 19.4 Å². The maximum Gasteiger partial charge on any atom is 0.240 e. The molecule has 1 atom stereocenters. The summed E-state index contributed by atoms with van der Waals surface area (Å²) in [6, 6.07) is 16.2. The van der Waals surface area contributed by atoms with E-state index in [1.165, 1.54) is 18.4 Å². The van der Waals surface area contributed by atoms with Gasteiger partial charge in [0.25, 0.3) is 0 Å². The predicted molar refractivity (Wildman–Crippen MR) is 118 cm³/mol. The number of hydrogen-bond acceptors (Lipinski definition) is 4. The van der Waals surface area contributed by atoms with Crippen molar-refractivity contribution in [2.75, 3.05) is 33.9 Å². The molecule has 158 valence electrons. The Morgan fingerprint density at radius 1 is 1.00 bits per heavy atom. The fraction of sp³-hybridized carbons (Fsp3) is 0.375. The van der Waals surface area contributed by atoms with E-state index in [2.05, 4.69) is 22.3 Å². The average Bonchev–Trinajstić information content (AvgIpc) is 3.44. The Kier molecular flexibility index (Phi) is 6.23. The minimum Gasteiger partial charge on any atom is -0.497 e. The highest BCUT2D eigenvalue weighted by Crippen LogP contribution is 2.26. The fourth-order valence-corrected chi connectivity index (χ4v) is 4.20. The second kappa shape index (κ2) is 9.22. The second-order valence-corrected chi connectivity index (χ2v) is 7.70. The third-order valence-corrected chi connectivity index (χ3v) is 5.87. The molecule has 0 spiro atoms. The number of fused-ring (bicyclic) bond motifs is 1. The Labute approximate surface area is 177 Å². The van der Waals surface area contributed by atoms with Gasteiger partial charge in [0.15, 0.2) is 0 Å². The number of amides is 1. The lowest BCUT2D eigenvalue weighted by Crippen LogP contribution is -2.38. The zero-order chi connectivity index (χ0) is 20.9. The number of benzene rings is 2. The summed E-state index contributed by atoms with van der Waals surface area (Å²) in [7, 11) is 3.33. The largest absolute Gasteiger partial charge is 0.497 e. The number of rotatable bonds is 8. The van der Waals surface area contributed by atoms with Gasteiger partial charge in [-0.3, -0.25) is 9.69 Å². The average molecular weight is 408 g/mol. The van der Waals surface area contributed by atoms with Crippen LogP contribution in [0.2, 0.25) is 0 Å². The van der Waals surface area contributed by atoms with Crippen molar-refractivity contribution in [2.24, 2.45) is 0 Å². The number of nitrogens with zero attached hydrogens (tertiary/aromatic N) is 2. The molecule has 0 bridgehead atoms. The monoisotopic (exact) mass is 407 g/mol. The quantitative estimate of drug-likeness (QED) is 0.620. The van der Waals surface area contributed by atoms with E-state index in [1.54, 1.807) is 14.2 Å². The first-order valence-electron chi connectivity index (χ1n) is 10.5. The maximum atomic E-state index is 12.7. The molecule has 0 radical (unpaired) electrons. The Bertz CT molecular complexity index is 991. The van der Waals surface area contributed by atoms with E-state index in [4.69, 9.17) is 9.47 Å². The van der Waals surface area contributed by atoms with Crippen molar-refractivity contribution in [2.45, 2.75) is 25.4 Å². The molecule has 30 heavy (non-hydrogen) atoms. The Morgan fingerprint density at radius 3 is 2.40 bits per heavy atom. The lowest BCUT2D eigenvalue weighted by atomic mass is 10.1. The summed E-state index contributed by atoms with van der Waals surface area (Å²) in [5.41, 5.74) is 2.23. The van der Waals surface area contributed by atoms with Gasteiger partial charge in [-0.05, 0) is 67.9 Å². The molecule has 1 saturated heterocycles. The van der Waals surface area contributed by atoms with Crippen LogP contribution in [0.15, 0.2) is 54.7 Å². The van der Waals surface area contributed by atoms with Crippen molar-refractivity contribution >= 4 is 16.8 Å². The van der Waals surface area contributed by atoms with Gasteiger partial charge >= 0.3 is 0 Å². The zero-order valence-electron chi connectivity index (χ0n) is 17.6. The summed E-state index contributed by atoms with van der Waals surface area (Å²) in [6.07, 6.45) is 4.37. The van der Waals surface area contributed by atoms with Crippen molar-refractivity contribution in [1.82, 2.24) is 14.8 Å². The molecule has 6 heteroatoms.